The van der Waals surface area contributed by atoms with Crippen molar-refractivity contribution in [3.8, 4) is 0 Å². The fourth-order valence-electron chi connectivity index (χ4n) is 2.17. The van der Waals surface area contributed by atoms with Gasteiger partial charge in [0.05, 0.1) is 0 Å². The van der Waals surface area contributed by atoms with Crippen molar-refractivity contribution in [2.45, 2.75) is 71.1 Å². The van der Waals surface area contributed by atoms with Crippen LogP contribution in [0.25, 0.3) is 0 Å². The van der Waals surface area contributed by atoms with E-state index in [2.05, 4.69) is 28.0 Å². The molecule has 0 saturated heterocycles. The van der Waals surface area contributed by atoms with Crippen LogP contribution >= 0.6 is 15.9 Å². The Morgan fingerprint density at radius 3 is 2.30 bits per heavy atom. The van der Waals surface area contributed by atoms with Crippen LogP contribution in [0.1, 0.15) is 51.9 Å². The van der Waals surface area contributed by atoms with Gasteiger partial charge in [-0.25, -0.2) is 9.48 Å². The summed E-state index contributed by atoms with van der Waals surface area (Å²) in [5, 5.41) is 3.73. The van der Waals surface area contributed by atoms with Crippen molar-refractivity contribution < 1.29 is 13.2 Å². The number of alkyl halides is 3. The van der Waals surface area contributed by atoms with Gasteiger partial charge in [0.2, 0.25) is 0 Å². The van der Waals surface area contributed by atoms with Crippen molar-refractivity contribution >= 4 is 15.9 Å². The Labute approximate surface area is 140 Å². The van der Waals surface area contributed by atoms with Crippen LogP contribution in [0.15, 0.2) is 14.2 Å². The summed E-state index contributed by atoms with van der Waals surface area (Å²) in [4.78, 5) is 24.1. The largest absolute Gasteiger partial charge is 0.389 e. The Hall–Kier alpha value is -1.12. The summed E-state index contributed by atoms with van der Waals surface area (Å²) in [5.41, 5.74) is -1.20. The molecule has 0 atom stereocenters. The monoisotopic (exact) mass is 399 g/mol. The van der Waals surface area contributed by atoms with E-state index in [0.29, 0.717) is 6.42 Å². The third-order valence-corrected chi connectivity index (χ3v) is 3.90. The number of aromatic nitrogens is 3. The molecular formula is C14H21BrF3N3O2. The maximum atomic E-state index is 12.2. The lowest BCUT2D eigenvalue weighted by atomic mass is 10.1. The molecule has 0 fully saturated rings. The predicted molar refractivity (Wildman–Crippen MR) is 84.5 cm³/mol. The van der Waals surface area contributed by atoms with Crippen molar-refractivity contribution in [1.29, 1.82) is 0 Å². The Morgan fingerprint density at radius 1 is 1.04 bits per heavy atom. The van der Waals surface area contributed by atoms with E-state index in [1.807, 2.05) is 0 Å². The second-order valence-electron chi connectivity index (χ2n) is 5.39. The Balaban J connectivity index is 2.77. The lowest BCUT2D eigenvalue weighted by Gasteiger charge is -2.11. The highest BCUT2D eigenvalue weighted by atomic mass is 79.9. The van der Waals surface area contributed by atoms with Gasteiger partial charge >= 0.3 is 11.9 Å². The maximum Gasteiger partial charge on any atom is 0.389 e. The molecule has 9 heteroatoms. The molecule has 0 aliphatic heterocycles. The highest BCUT2D eigenvalue weighted by Gasteiger charge is 2.26. The van der Waals surface area contributed by atoms with Gasteiger partial charge in [-0.3, -0.25) is 9.36 Å². The summed E-state index contributed by atoms with van der Waals surface area (Å²) in [6.45, 7) is 2.17. The molecule has 0 saturated carbocycles. The molecule has 0 aliphatic rings. The molecule has 5 nitrogen and oxygen atoms in total. The zero-order valence-electron chi connectivity index (χ0n) is 13.0. The van der Waals surface area contributed by atoms with Gasteiger partial charge in [-0.1, -0.05) is 32.6 Å². The molecule has 1 heterocycles. The maximum absolute atomic E-state index is 12.2. The minimum atomic E-state index is -4.27. The van der Waals surface area contributed by atoms with Crippen LogP contribution in [0.4, 0.5) is 13.2 Å². The normalized spacial score (nSPS) is 11.9. The number of hydrogen-bond acceptors (Lipinski definition) is 3. The molecular weight excluding hydrogens is 379 g/mol. The van der Waals surface area contributed by atoms with Crippen LogP contribution in [-0.2, 0) is 13.1 Å². The van der Waals surface area contributed by atoms with Gasteiger partial charge in [-0.05, 0) is 28.8 Å². The first-order valence-corrected chi connectivity index (χ1v) is 8.49. The van der Waals surface area contributed by atoms with E-state index in [9.17, 15) is 22.8 Å². The van der Waals surface area contributed by atoms with Gasteiger partial charge in [0.25, 0.3) is 5.56 Å². The molecule has 0 N–H and O–H groups in total. The first-order chi connectivity index (χ1) is 10.8. The zero-order valence-corrected chi connectivity index (χ0v) is 14.6. The summed E-state index contributed by atoms with van der Waals surface area (Å²) in [6, 6.07) is 0. The van der Waals surface area contributed by atoms with Crippen molar-refractivity contribution in [3.63, 3.8) is 0 Å². The second kappa shape index (κ2) is 9.24. The average Bonchev–Trinajstić information content (AvgIpc) is 2.46. The molecule has 0 bridgehead atoms. The molecule has 0 aromatic carbocycles. The first kappa shape index (κ1) is 19.9. The van der Waals surface area contributed by atoms with E-state index in [1.54, 1.807) is 0 Å². The quantitative estimate of drug-likeness (QED) is 0.597. The Kier molecular flexibility index (Phi) is 8.01. The van der Waals surface area contributed by atoms with Gasteiger partial charge < -0.3 is 0 Å². The highest BCUT2D eigenvalue weighted by Crippen LogP contribution is 2.21. The number of nitrogens with zero attached hydrogens (tertiary/aromatic N) is 3. The van der Waals surface area contributed by atoms with E-state index in [-0.39, 0.29) is 24.1 Å². The topological polar surface area (TPSA) is 56.9 Å². The lowest BCUT2D eigenvalue weighted by Crippen LogP contribution is -2.42. The van der Waals surface area contributed by atoms with Crippen LogP contribution in [0.2, 0.25) is 0 Å². The zero-order chi connectivity index (χ0) is 17.5. The molecule has 0 unspecified atom stereocenters. The van der Waals surface area contributed by atoms with E-state index in [0.717, 1.165) is 34.9 Å². The van der Waals surface area contributed by atoms with Crippen LogP contribution in [-0.4, -0.2) is 20.5 Å². The summed E-state index contributed by atoms with van der Waals surface area (Å²) < 4.78 is 38.4. The number of unbranched alkanes of at least 4 members (excludes halogenated alkanes) is 4. The Bertz CT molecular complexity index is 611. The summed E-state index contributed by atoms with van der Waals surface area (Å²) >= 11 is 2.97. The van der Waals surface area contributed by atoms with E-state index < -0.39 is 23.8 Å². The minimum Gasteiger partial charge on any atom is -0.266 e. The third kappa shape index (κ3) is 6.88. The van der Waals surface area contributed by atoms with Gasteiger partial charge in [0, 0.05) is 19.5 Å². The van der Waals surface area contributed by atoms with E-state index >= 15 is 0 Å². The number of hydrogen-bond donors (Lipinski definition) is 0. The fourth-order valence-corrected chi connectivity index (χ4v) is 2.58. The molecule has 132 valence electrons. The van der Waals surface area contributed by atoms with Crippen LogP contribution in [0.3, 0.4) is 0 Å². The van der Waals surface area contributed by atoms with Gasteiger partial charge in [0.15, 0.2) is 4.60 Å². The van der Waals surface area contributed by atoms with Crippen molar-refractivity contribution in [1.82, 2.24) is 14.3 Å². The molecule has 0 aliphatic carbocycles. The molecule has 0 spiro atoms. The molecule has 1 aromatic heterocycles. The van der Waals surface area contributed by atoms with Crippen LogP contribution < -0.4 is 11.2 Å². The third-order valence-electron chi connectivity index (χ3n) is 3.40. The summed E-state index contributed by atoms with van der Waals surface area (Å²) in [5.74, 6) is 0. The standard InChI is InChI=1S/C14H21BrF3N3O2/c1-2-3-4-5-6-9-20-12(22)11(15)19-21(13(20)23)10-7-8-14(16,17)18/h2-10H2,1H3. The predicted octanol–water partition coefficient (Wildman–Crippen LogP) is 3.48. The molecule has 1 aromatic rings. The average molecular weight is 400 g/mol. The van der Waals surface area contributed by atoms with Crippen molar-refractivity contribution in [3.05, 3.63) is 25.4 Å². The number of halogens is 4. The molecule has 0 amide bonds. The van der Waals surface area contributed by atoms with Crippen molar-refractivity contribution in [2.24, 2.45) is 0 Å². The van der Waals surface area contributed by atoms with Gasteiger partial charge in [-0.15, -0.1) is 0 Å². The van der Waals surface area contributed by atoms with E-state index in [1.165, 1.54) is 0 Å². The molecule has 0 radical (unpaired) electrons. The van der Waals surface area contributed by atoms with Gasteiger partial charge in [0.1, 0.15) is 0 Å². The summed E-state index contributed by atoms with van der Waals surface area (Å²) in [6.07, 6.45) is -0.733. The lowest BCUT2D eigenvalue weighted by molar-refractivity contribution is -0.136. The summed E-state index contributed by atoms with van der Waals surface area (Å²) in [7, 11) is 0. The second-order valence-corrected chi connectivity index (χ2v) is 6.14. The number of rotatable bonds is 9. The Morgan fingerprint density at radius 2 is 1.70 bits per heavy atom. The number of aryl methyl sites for hydroxylation is 1. The van der Waals surface area contributed by atoms with E-state index in [4.69, 9.17) is 0 Å². The molecule has 23 heavy (non-hydrogen) atoms. The SMILES string of the molecule is CCCCCCCn1c(=O)c(Br)nn(CCCC(F)(F)F)c1=O. The van der Waals surface area contributed by atoms with Gasteiger partial charge in [-0.2, -0.15) is 18.3 Å². The van der Waals surface area contributed by atoms with Crippen LogP contribution in [0.5, 0.6) is 0 Å². The fraction of sp³-hybridized carbons (Fsp3) is 0.786. The minimum absolute atomic E-state index is 0.0577. The smallest absolute Gasteiger partial charge is 0.266 e. The first-order valence-electron chi connectivity index (χ1n) is 7.70. The molecule has 1 rings (SSSR count). The van der Waals surface area contributed by atoms with Crippen LogP contribution in [0, 0.1) is 0 Å². The highest BCUT2D eigenvalue weighted by molar-refractivity contribution is 9.10. The van der Waals surface area contributed by atoms with Crippen molar-refractivity contribution in [2.75, 3.05) is 0 Å².